The summed E-state index contributed by atoms with van der Waals surface area (Å²) in [7, 11) is 0. The second kappa shape index (κ2) is 42.5. The minimum atomic E-state index is -0.175. The summed E-state index contributed by atoms with van der Waals surface area (Å²) in [5.74, 6) is 4.44. The highest BCUT2D eigenvalue weighted by atomic mass is 16.2. The van der Waals surface area contributed by atoms with Crippen LogP contribution in [0.5, 0.6) is 0 Å². The molecule has 0 spiro atoms. The van der Waals surface area contributed by atoms with Crippen molar-refractivity contribution in [1.82, 2.24) is 31.9 Å². The molecule has 12 nitrogen and oxygen atoms in total. The van der Waals surface area contributed by atoms with E-state index in [9.17, 15) is 28.8 Å². The first-order valence-corrected chi connectivity index (χ1v) is 35.3. The lowest BCUT2D eigenvalue weighted by Gasteiger charge is -2.32. The molecule has 6 N–H and O–H groups in total. The summed E-state index contributed by atoms with van der Waals surface area (Å²) in [6.07, 6.45) is 28.2. The van der Waals surface area contributed by atoms with Gasteiger partial charge in [-0.3, -0.25) is 28.8 Å². The Morgan fingerprint density at radius 2 is 0.645 bits per heavy atom. The highest BCUT2D eigenvalue weighted by Gasteiger charge is 2.37. The first-order chi connectivity index (χ1) is 42.1. The van der Waals surface area contributed by atoms with E-state index in [2.05, 4.69) is 126 Å². The van der Waals surface area contributed by atoms with Gasteiger partial charge in [-0.2, -0.15) is 0 Å². The van der Waals surface area contributed by atoms with Crippen LogP contribution in [0.4, 0.5) is 0 Å². The van der Waals surface area contributed by atoms with Gasteiger partial charge in [0, 0.05) is 68.7 Å². The number of hydrogen-bond acceptors (Lipinski definition) is 6. The normalized spacial score (nSPS) is 17.6. The van der Waals surface area contributed by atoms with Crippen LogP contribution in [0.2, 0.25) is 0 Å². The maximum atomic E-state index is 12.1. The van der Waals surface area contributed by atoms with E-state index in [-0.39, 0.29) is 115 Å². The van der Waals surface area contributed by atoms with Crippen molar-refractivity contribution in [1.29, 1.82) is 0 Å². The molecule has 12 heteroatoms. The largest absolute Gasteiger partial charge is 0.351 e. The summed E-state index contributed by atoms with van der Waals surface area (Å²) in [5, 5.41) is 18.2. The smallest absolute Gasteiger partial charge is 0.224 e. The summed E-state index contributed by atoms with van der Waals surface area (Å²) in [6.45, 7) is 79.3. The second-order valence-corrected chi connectivity index (χ2v) is 35.8. The monoisotopic (exact) mass is 1300 g/mol. The third-order valence-electron chi connectivity index (χ3n) is 15.3. The molecular formula is C81H148N6O6. The third kappa shape index (κ3) is 52.9. The van der Waals surface area contributed by atoms with Gasteiger partial charge in [0.2, 0.25) is 35.4 Å². The molecule has 8 unspecified atom stereocenters. The van der Waals surface area contributed by atoms with Gasteiger partial charge in [0.25, 0.3) is 0 Å². The molecule has 538 valence electrons. The Morgan fingerprint density at radius 1 is 0.387 bits per heavy atom. The minimum Gasteiger partial charge on any atom is -0.351 e. The van der Waals surface area contributed by atoms with Crippen molar-refractivity contribution in [3.05, 3.63) is 88.1 Å². The molecule has 6 amide bonds. The van der Waals surface area contributed by atoms with E-state index in [1.54, 1.807) is 6.08 Å². The SMILES string of the molecule is C=CCC(C(=O)NC(C)(C)C)C(C)(C)C.C=CCC(CC(=C)C)C(=O)NC(C)(C)C.C=CCC(CC(C)(C)C)C(=O)NC(C)(C)C.C=CCC(CC1CC1)C(=O)NC(C)(C)C.C=CCC(CC1CC1C)C(=O)NC(C)(C)C.C=CCC(CC1CCC1)C(=O)NC(C)(C)C. The van der Waals surface area contributed by atoms with Crippen molar-refractivity contribution in [3.8, 4) is 0 Å². The van der Waals surface area contributed by atoms with Crippen molar-refractivity contribution in [2.24, 2.45) is 70.0 Å². The zero-order chi connectivity index (χ0) is 73.3. The fourth-order valence-corrected chi connectivity index (χ4v) is 10.5. The number of rotatable bonds is 27. The van der Waals surface area contributed by atoms with E-state index in [1.165, 1.54) is 38.5 Å². The van der Waals surface area contributed by atoms with Crippen molar-refractivity contribution in [3.63, 3.8) is 0 Å². The number of nitrogens with one attached hydrogen (secondary N) is 6. The highest BCUT2D eigenvalue weighted by molar-refractivity contribution is 5.82. The van der Waals surface area contributed by atoms with Gasteiger partial charge in [0.1, 0.15) is 0 Å². The van der Waals surface area contributed by atoms with Crippen molar-refractivity contribution < 1.29 is 28.8 Å². The van der Waals surface area contributed by atoms with E-state index in [4.69, 9.17) is 0 Å². The van der Waals surface area contributed by atoms with Gasteiger partial charge < -0.3 is 31.9 Å². The van der Waals surface area contributed by atoms with Crippen LogP contribution in [0.1, 0.15) is 289 Å². The van der Waals surface area contributed by atoms with Gasteiger partial charge in [-0.05, 0) is 243 Å². The van der Waals surface area contributed by atoms with Crippen LogP contribution >= 0.6 is 0 Å². The molecule has 0 bridgehead atoms. The van der Waals surface area contributed by atoms with E-state index in [1.807, 2.05) is 162 Å². The molecule has 3 aliphatic carbocycles. The topological polar surface area (TPSA) is 175 Å². The summed E-state index contributed by atoms with van der Waals surface area (Å²) >= 11 is 0. The van der Waals surface area contributed by atoms with E-state index < -0.39 is 0 Å². The fourth-order valence-electron chi connectivity index (χ4n) is 10.5. The van der Waals surface area contributed by atoms with E-state index in [0.717, 1.165) is 93.5 Å². The van der Waals surface area contributed by atoms with Crippen molar-refractivity contribution in [2.75, 3.05) is 0 Å². The third-order valence-corrected chi connectivity index (χ3v) is 15.3. The Labute approximate surface area is 573 Å². The van der Waals surface area contributed by atoms with Crippen LogP contribution in [0.25, 0.3) is 0 Å². The molecule has 3 fully saturated rings. The fraction of sp³-hybridized carbons (Fsp3) is 0.753. The number of carbonyl (C=O) groups is 6. The summed E-state index contributed by atoms with van der Waals surface area (Å²) in [6, 6.07) is 0. The molecular weight excluding hydrogens is 1150 g/mol. The molecule has 0 saturated heterocycles. The molecule has 0 aromatic carbocycles. The summed E-state index contributed by atoms with van der Waals surface area (Å²) in [4.78, 5) is 72.1. The Hall–Kier alpha value is -5.00. The zero-order valence-corrected chi connectivity index (χ0v) is 65.2. The van der Waals surface area contributed by atoms with Gasteiger partial charge in [0.15, 0.2) is 0 Å². The first-order valence-electron chi connectivity index (χ1n) is 35.3. The number of amides is 6. The first kappa shape index (κ1) is 92.2. The highest BCUT2D eigenvalue weighted by Crippen LogP contribution is 2.43. The predicted molar refractivity (Wildman–Crippen MR) is 401 cm³/mol. The maximum Gasteiger partial charge on any atom is 0.224 e. The van der Waals surface area contributed by atoms with Crippen LogP contribution in [0.3, 0.4) is 0 Å². The molecule has 3 rings (SSSR count). The molecule has 93 heavy (non-hydrogen) atoms. The van der Waals surface area contributed by atoms with Gasteiger partial charge in [0.05, 0.1) is 0 Å². The average molecular weight is 1300 g/mol. The average Bonchev–Trinajstić information content (AvgIpc) is 1.84. The van der Waals surface area contributed by atoms with Gasteiger partial charge in [-0.1, -0.05) is 123 Å². The number of hydrogen-bond donors (Lipinski definition) is 6. The molecule has 0 aromatic rings. The standard InChI is InChI=1S/2C14H25NO.C14H27NO.C13H23NO.C13H25NO.C13H23NO/c1-6-7-11(9-12-8-10(12)2)13(16)15-14(3,4)5;1-5-7-12(10-11-8-6-9-11)13(16)15-14(2,3)4;1-8-9-11(10-13(2,3)4)12(16)15-14(5,6)7;1-5-6-11(9-10-7-8-10)12(15)14-13(2,3)4;1-8-9-10(12(2,3)4)11(15)14-13(5,6)7;1-7-8-11(9-10(2)3)12(15)14-13(4,5)6/h6,10-12H,1,7-9H2,2-5H3,(H,15,16);5,11-12H,1,6-10H2,2-4H3,(H,15,16);8,11H,1,9-10H2,2-7H3,(H,15,16);5,10-11H,1,6-9H2,2-4H3,(H,14,15);8,10H,1,9H2,2-7H3,(H,14,15);7,11H,1-2,8-9H2,3-6H3,(H,14,15). The molecule has 0 aliphatic heterocycles. The van der Waals surface area contributed by atoms with Crippen molar-refractivity contribution >= 4 is 35.4 Å². The molecule has 3 aliphatic rings. The summed E-state index contributed by atoms with van der Waals surface area (Å²) in [5.41, 5.74) is 0.293. The Balaban J connectivity index is -0.00000105. The predicted octanol–water partition coefficient (Wildman–Crippen LogP) is 19.0. The number of allylic oxidation sites excluding steroid dienone is 7. The van der Waals surface area contributed by atoms with Crippen LogP contribution < -0.4 is 31.9 Å². The Morgan fingerprint density at radius 3 is 0.882 bits per heavy atom. The Bertz CT molecular complexity index is 2260. The molecule has 8 atom stereocenters. The van der Waals surface area contributed by atoms with Gasteiger partial charge in [-0.15, -0.1) is 46.1 Å². The number of carbonyl (C=O) groups excluding carboxylic acids is 6. The lowest BCUT2D eigenvalue weighted by Crippen LogP contribution is -2.46. The Kier molecular flexibility index (Phi) is 42.2. The van der Waals surface area contributed by atoms with Crippen LogP contribution in [0, 0.1) is 70.0 Å². The van der Waals surface area contributed by atoms with Gasteiger partial charge >= 0.3 is 0 Å². The van der Waals surface area contributed by atoms with E-state index >= 15 is 0 Å². The molecule has 0 heterocycles. The second-order valence-electron chi connectivity index (χ2n) is 35.8. The van der Waals surface area contributed by atoms with E-state index in [0.29, 0.717) is 6.42 Å². The van der Waals surface area contributed by atoms with Crippen molar-refractivity contribution in [2.45, 2.75) is 322 Å². The lowest BCUT2D eigenvalue weighted by atomic mass is 9.78. The van der Waals surface area contributed by atoms with Crippen LogP contribution in [-0.4, -0.2) is 68.7 Å². The minimum absolute atomic E-state index is 0.00535. The molecule has 0 radical (unpaired) electrons. The zero-order valence-electron chi connectivity index (χ0n) is 65.2. The van der Waals surface area contributed by atoms with Crippen LogP contribution in [0.15, 0.2) is 88.1 Å². The van der Waals surface area contributed by atoms with Gasteiger partial charge in [-0.25, -0.2) is 0 Å². The quantitative estimate of drug-likeness (QED) is 0.0447. The molecule has 3 saturated carbocycles. The maximum absolute atomic E-state index is 12.1. The molecule has 0 aromatic heterocycles. The lowest BCUT2D eigenvalue weighted by molar-refractivity contribution is -0.130. The van der Waals surface area contributed by atoms with Crippen LogP contribution in [-0.2, 0) is 28.8 Å². The summed E-state index contributed by atoms with van der Waals surface area (Å²) < 4.78 is 0.